The van der Waals surface area contributed by atoms with Crippen molar-refractivity contribution in [2.24, 2.45) is 0 Å². The van der Waals surface area contributed by atoms with E-state index in [1.54, 1.807) is 34.4 Å². The van der Waals surface area contributed by atoms with Gasteiger partial charge < -0.3 is 9.47 Å². The van der Waals surface area contributed by atoms with Crippen LogP contribution in [0.15, 0.2) is 60.5 Å². The number of hydrogen-bond donors (Lipinski definition) is 0. The molecule has 3 rings (SSSR count). The molecule has 28 heavy (non-hydrogen) atoms. The molecule has 4 nitrogen and oxygen atoms in total. The molecule has 1 aromatic carbocycles. The minimum atomic E-state index is -0.00482. The van der Waals surface area contributed by atoms with Gasteiger partial charge in [0.15, 0.2) is 0 Å². The quantitative estimate of drug-likeness (QED) is 0.539. The average Bonchev–Trinajstić information content (AvgIpc) is 3.31. The maximum Gasteiger partial charge on any atom is 0.256 e. The second kappa shape index (κ2) is 8.73. The highest BCUT2D eigenvalue weighted by Crippen LogP contribution is 2.21. The van der Waals surface area contributed by atoms with E-state index in [1.165, 1.54) is 4.88 Å². The summed E-state index contributed by atoms with van der Waals surface area (Å²) in [6.07, 6.45) is 1.74. The summed E-state index contributed by atoms with van der Waals surface area (Å²) < 4.78 is 2.19. The largest absolute Gasteiger partial charge is 0.343 e. The molecule has 0 spiro atoms. The van der Waals surface area contributed by atoms with Gasteiger partial charge in [-0.25, -0.2) is 0 Å². The first-order valence-corrected chi connectivity index (χ1v) is 9.99. The van der Waals surface area contributed by atoms with Crippen LogP contribution < -0.4 is 0 Å². The van der Waals surface area contributed by atoms with Crippen molar-refractivity contribution in [3.8, 4) is 6.07 Å². The van der Waals surface area contributed by atoms with E-state index in [1.807, 2.05) is 38.1 Å². The van der Waals surface area contributed by atoms with Crippen LogP contribution in [0.1, 0.15) is 37.7 Å². The first-order chi connectivity index (χ1) is 13.5. The molecule has 1 amide bonds. The molecule has 0 unspecified atom stereocenters. The van der Waals surface area contributed by atoms with Crippen LogP contribution in [0.25, 0.3) is 0 Å². The van der Waals surface area contributed by atoms with E-state index in [-0.39, 0.29) is 5.91 Å². The summed E-state index contributed by atoms with van der Waals surface area (Å²) in [5, 5.41) is 11.0. The Labute approximate surface area is 170 Å². The van der Waals surface area contributed by atoms with Gasteiger partial charge in [-0.2, -0.15) is 5.26 Å². The summed E-state index contributed by atoms with van der Waals surface area (Å²) in [5.41, 5.74) is 4.38. The summed E-state index contributed by atoms with van der Waals surface area (Å²) in [7, 11) is 0. The highest BCUT2D eigenvalue weighted by Gasteiger charge is 2.21. The van der Waals surface area contributed by atoms with Crippen LogP contribution in [-0.2, 0) is 13.1 Å². The molecule has 0 saturated carbocycles. The molecule has 0 fully saturated rings. The molecule has 2 aromatic heterocycles. The van der Waals surface area contributed by atoms with Crippen molar-refractivity contribution in [1.82, 2.24) is 9.47 Å². The predicted octanol–water partition coefficient (Wildman–Crippen LogP) is 4.91. The zero-order valence-corrected chi connectivity index (χ0v) is 17.0. The number of nitrogens with zero attached hydrogens (tertiary/aromatic N) is 3. The van der Waals surface area contributed by atoms with E-state index in [2.05, 4.69) is 28.7 Å². The molecule has 0 saturated heterocycles. The second-order valence-corrected chi connectivity index (χ2v) is 7.77. The van der Waals surface area contributed by atoms with Crippen molar-refractivity contribution in [2.75, 3.05) is 6.54 Å². The van der Waals surface area contributed by atoms with Crippen molar-refractivity contribution in [3.63, 3.8) is 0 Å². The summed E-state index contributed by atoms with van der Waals surface area (Å²) in [4.78, 5) is 16.3. The van der Waals surface area contributed by atoms with Crippen LogP contribution >= 0.6 is 11.3 Å². The van der Waals surface area contributed by atoms with Crippen molar-refractivity contribution < 1.29 is 4.79 Å². The monoisotopic (exact) mass is 389 g/mol. The number of carbonyl (C=O) groups is 1. The molecule has 0 aliphatic heterocycles. The van der Waals surface area contributed by atoms with Crippen molar-refractivity contribution >= 4 is 17.2 Å². The smallest absolute Gasteiger partial charge is 0.256 e. The van der Waals surface area contributed by atoms with Gasteiger partial charge in [-0.15, -0.1) is 17.9 Å². The second-order valence-electron chi connectivity index (χ2n) is 6.73. The number of aryl methyl sites for hydroxylation is 1. The minimum absolute atomic E-state index is 0.00482. The van der Waals surface area contributed by atoms with Gasteiger partial charge in [0, 0.05) is 29.4 Å². The lowest BCUT2D eigenvalue weighted by Crippen LogP contribution is -2.31. The lowest BCUT2D eigenvalue weighted by Gasteiger charge is -2.21. The fourth-order valence-electron chi connectivity index (χ4n) is 3.27. The Morgan fingerprint density at radius 1 is 1.29 bits per heavy atom. The molecular weight excluding hydrogens is 366 g/mol. The molecule has 0 N–H and O–H groups in total. The van der Waals surface area contributed by atoms with Gasteiger partial charge in [-0.05, 0) is 49.1 Å². The summed E-state index contributed by atoms with van der Waals surface area (Å²) in [6, 6.07) is 15.6. The van der Waals surface area contributed by atoms with Crippen molar-refractivity contribution in [3.05, 3.63) is 93.5 Å². The van der Waals surface area contributed by atoms with E-state index in [0.29, 0.717) is 18.7 Å². The van der Waals surface area contributed by atoms with Gasteiger partial charge in [0.05, 0.1) is 23.7 Å². The van der Waals surface area contributed by atoms with Gasteiger partial charge in [0.2, 0.25) is 0 Å². The number of nitriles is 1. The molecule has 0 bridgehead atoms. The fourth-order valence-corrected chi connectivity index (χ4v) is 3.96. The molecule has 142 valence electrons. The van der Waals surface area contributed by atoms with Crippen LogP contribution in [0.3, 0.4) is 0 Å². The van der Waals surface area contributed by atoms with Gasteiger partial charge >= 0.3 is 0 Å². The summed E-state index contributed by atoms with van der Waals surface area (Å²) in [6.45, 7) is 9.56. The topological polar surface area (TPSA) is 49.0 Å². The predicted molar refractivity (Wildman–Crippen MR) is 113 cm³/mol. The van der Waals surface area contributed by atoms with Gasteiger partial charge in [-0.1, -0.05) is 24.3 Å². The van der Waals surface area contributed by atoms with E-state index in [0.717, 1.165) is 29.1 Å². The highest BCUT2D eigenvalue weighted by atomic mass is 32.1. The summed E-state index contributed by atoms with van der Waals surface area (Å²) >= 11 is 1.72. The maximum atomic E-state index is 13.3. The number of amides is 1. The highest BCUT2D eigenvalue weighted by molar-refractivity contribution is 7.09. The third-order valence-electron chi connectivity index (χ3n) is 4.79. The molecule has 3 aromatic rings. The number of hydrogen-bond acceptors (Lipinski definition) is 3. The Hall–Kier alpha value is -3.10. The Morgan fingerprint density at radius 3 is 2.64 bits per heavy atom. The Balaban J connectivity index is 1.84. The molecule has 2 heterocycles. The third-order valence-corrected chi connectivity index (χ3v) is 5.65. The van der Waals surface area contributed by atoms with E-state index < -0.39 is 0 Å². The van der Waals surface area contributed by atoms with Crippen LogP contribution in [0, 0.1) is 25.2 Å². The average molecular weight is 390 g/mol. The van der Waals surface area contributed by atoms with E-state index in [9.17, 15) is 4.79 Å². The first-order valence-electron chi connectivity index (χ1n) is 9.11. The Bertz CT molecular complexity index is 1010. The summed E-state index contributed by atoms with van der Waals surface area (Å²) in [5.74, 6) is -0.00482. The fraction of sp³-hybridized carbons (Fsp3) is 0.217. The first kappa shape index (κ1) is 19.7. The SMILES string of the molecule is C=CCN(Cc1ccc(C#N)cc1)C(=O)c1cc(C)n(Cc2cccs2)c1C. The standard InChI is InChI=1S/C23H23N3OS/c1-4-11-25(15-20-9-7-19(14-24)8-10-20)23(27)22-13-17(2)26(18(22)3)16-21-6-5-12-28-21/h4-10,12-13H,1,11,15-16H2,2-3H3. The lowest BCUT2D eigenvalue weighted by atomic mass is 10.1. The van der Waals surface area contributed by atoms with E-state index in [4.69, 9.17) is 5.26 Å². The zero-order valence-electron chi connectivity index (χ0n) is 16.2. The normalized spacial score (nSPS) is 10.5. The van der Waals surface area contributed by atoms with Gasteiger partial charge in [0.1, 0.15) is 0 Å². The number of carbonyl (C=O) groups excluding carboxylic acids is 1. The lowest BCUT2D eigenvalue weighted by molar-refractivity contribution is 0.0762. The number of rotatable bonds is 7. The molecule has 0 radical (unpaired) electrons. The zero-order chi connectivity index (χ0) is 20.1. The molecule has 0 aliphatic carbocycles. The van der Waals surface area contributed by atoms with Gasteiger partial charge in [0.25, 0.3) is 5.91 Å². The molecular formula is C23H23N3OS. The van der Waals surface area contributed by atoms with Crippen molar-refractivity contribution in [2.45, 2.75) is 26.9 Å². The van der Waals surface area contributed by atoms with Crippen LogP contribution in [0.2, 0.25) is 0 Å². The van der Waals surface area contributed by atoms with Crippen LogP contribution in [0.5, 0.6) is 0 Å². The third kappa shape index (κ3) is 4.24. The molecule has 5 heteroatoms. The van der Waals surface area contributed by atoms with Gasteiger partial charge in [-0.3, -0.25) is 4.79 Å². The molecule has 0 atom stereocenters. The number of thiophene rings is 1. The number of benzene rings is 1. The molecule has 0 aliphatic rings. The Morgan fingerprint density at radius 2 is 2.04 bits per heavy atom. The maximum absolute atomic E-state index is 13.3. The Kier molecular flexibility index (Phi) is 6.13. The van der Waals surface area contributed by atoms with Crippen LogP contribution in [0.4, 0.5) is 0 Å². The number of aromatic nitrogens is 1. The van der Waals surface area contributed by atoms with E-state index >= 15 is 0 Å². The minimum Gasteiger partial charge on any atom is -0.343 e. The van der Waals surface area contributed by atoms with Crippen LogP contribution in [-0.4, -0.2) is 21.9 Å². The van der Waals surface area contributed by atoms with Crippen molar-refractivity contribution in [1.29, 1.82) is 5.26 Å².